The maximum atomic E-state index is 11.5. The van der Waals surface area contributed by atoms with Crippen LogP contribution in [-0.2, 0) is 9.53 Å². The summed E-state index contributed by atoms with van der Waals surface area (Å²) in [6, 6.07) is 0. The van der Waals surface area contributed by atoms with Crippen LogP contribution < -0.4 is 5.32 Å². The van der Waals surface area contributed by atoms with Gasteiger partial charge in [-0.2, -0.15) is 0 Å². The fourth-order valence-electron chi connectivity index (χ4n) is 1.19. The molecule has 3 nitrogen and oxygen atoms in total. The zero-order valence-corrected chi connectivity index (χ0v) is 8.63. The Morgan fingerprint density at radius 1 is 1.38 bits per heavy atom. The molecule has 0 radical (unpaired) electrons. The summed E-state index contributed by atoms with van der Waals surface area (Å²) in [6.07, 6.45) is 1.33. The van der Waals surface area contributed by atoms with Crippen LogP contribution in [0.25, 0.3) is 0 Å². The highest BCUT2D eigenvalue weighted by Crippen LogP contribution is 2.16. The molecule has 1 rings (SSSR count). The third-order valence-corrected chi connectivity index (χ3v) is 2.10. The summed E-state index contributed by atoms with van der Waals surface area (Å²) < 4.78 is 5.35. The molecule has 0 saturated carbocycles. The normalized spacial score (nSPS) is 22.8. The zero-order valence-electron chi connectivity index (χ0n) is 8.63. The van der Waals surface area contributed by atoms with Crippen molar-refractivity contribution in [3.63, 3.8) is 0 Å². The van der Waals surface area contributed by atoms with E-state index in [0.717, 1.165) is 5.70 Å². The lowest BCUT2D eigenvalue weighted by molar-refractivity contribution is -0.133. The van der Waals surface area contributed by atoms with Crippen LogP contribution in [0.4, 0.5) is 0 Å². The largest absolute Gasteiger partial charge is 0.486 e. The lowest BCUT2D eigenvalue weighted by Gasteiger charge is -2.26. The molecular formula is C10H17NO2. The van der Waals surface area contributed by atoms with Gasteiger partial charge in [0.05, 0.1) is 5.70 Å². The second-order valence-corrected chi connectivity index (χ2v) is 4.02. The van der Waals surface area contributed by atoms with E-state index in [9.17, 15) is 4.79 Å². The molecule has 1 amide bonds. The van der Waals surface area contributed by atoms with Crippen LogP contribution >= 0.6 is 0 Å². The summed E-state index contributed by atoms with van der Waals surface area (Å²) >= 11 is 0. The lowest BCUT2D eigenvalue weighted by Crippen LogP contribution is -2.42. The predicted molar refractivity (Wildman–Crippen MR) is 50.8 cm³/mol. The van der Waals surface area contributed by atoms with Crippen LogP contribution in [0.3, 0.4) is 0 Å². The van der Waals surface area contributed by atoms with Crippen LogP contribution in [0, 0.1) is 11.8 Å². The molecule has 0 aliphatic carbocycles. The highest BCUT2D eigenvalue weighted by molar-refractivity contribution is 5.83. The number of rotatable bonds is 2. The minimum Gasteiger partial charge on any atom is -0.486 e. The topological polar surface area (TPSA) is 38.3 Å². The van der Waals surface area contributed by atoms with Gasteiger partial charge in [0, 0.05) is 0 Å². The third-order valence-electron chi connectivity index (χ3n) is 2.10. The van der Waals surface area contributed by atoms with Crippen LogP contribution in [0.1, 0.15) is 27.7 Å². The van der Waals surface area contributed by atoms with E-state index >= 15 is 0 Å². The molecule has 0 saturated heterocycles. The Kier molecular flexibility index (Phi) is 2.96. The van der Waals surface area contributed by atoms with E-state index in [0.29, 0.717) is 5.92 Å². The van der Waals surface area contributed by atoms with Crippen molar-refractivity contribution >= 4 is 5.91 Å². The van der Waals surface area contributed by atoms with Crippen LogP contribution in [0.5, 0.6) is 0 Å². The molecule has 1 aliphatic rings. The standard InChI is InChI=1S/C10H17NO2/c1-6(2)8-5-13-9(7(3)4)10(12)11-8/h5-7,9H,1-4H3,(H,11,12). The highest BCUT2D eigenvalue weighted by atomic mass is 16.5. The average Bonchev–Trinajstić information content (AvgIpc) is 2.03. The molecular weight excluding hydrogens is 166 g/mol. The highest BCUT2D eigenvalue weighted by Gasteiger charge is 2.27. The summed E-state index contributed by atoms with van der Waals surface area (Å²) in [5.74, 6) is 0.489. The van der Waals surface area contributed by atoms with Gasteiger partial charge in [-0.3, -0.25) is 4.79 Å². The van der Waals surface area contributed by atoms with E-state index in [4.69, 9.17) is 4.74 Å². The van der Waals surface area contributed by atoms with Crippen molar-refractivity contribution < 1.29 is 9.53 Å². The van der Waals surface area contributed by atoms with E-state index in [1.54, 1.807) is 6.26 Å². The number of hydrogen-bond acceptors (Lipinski definition) is 2. The van der Waals surface area contributed by atoms with Gasteiger partial charge in [0.1, 0.15) is 6.26 Å². The predicted octanol–water partition coefficient (Wildman–Crippen LogP) is 1.65. The second kappa shape index (κ2) is 3.81. The smallest absolute Gasteiger partial charge is 0.265 e. The molecule has 0 aromatic heterocycles. The van der Waals surface area contributed by atoms with Crippen molar-refractivity contribution in [2.45, 2.75) is 33.8 Å². The van der Waals surface area contributed by atoms with Gasteiger partial charge in [0.25, 0.3) is 5.91 Å². The van der Waals surface area contributed by atoms with Crippen molar-refractivity contribution in [2.75, 3.05) is 0 Å². The van der Waals surface area contributed by atoms with Crippen LogP contribution in [-0.4, -0.2) is 12.0 Å². The first-order chi connectivity index (χ1) is 6.02. The Hall–Kier alpha value is -0.990. The SMILES string of the molecule is CC(C)C1=COC(C(C)C)C(=O)N1. The first kappa shape index (κ1) is 10.1. The van der Waals surface area contributed by atoms with Crippen molar-refractivity contribution in [3.8, 4) is 0 Å². The maximum absolute atomic E-state index is 11.5. The molecule has 0 aromatic carbocycles. The molecule has 13 heavy (non-hydrogen) atoms. The van der Waals surface area contributed by atoms with E-state index in [2.05, 4.69) is 5.32 Å². The molecule has 1 atom stereocenters. The Morgan fingerprint density at radius 3 is 2.38 bits per heavy atom. The van der Waals surface area contributed by atoms with Gasteiger partial charge in [-0.1, -0.05) is 27.7 Å². The molecule has 0 bridgehead atoms. The minimum atomic E-state index is -0.331. The van der Waals surface area contributed by atoms with Crippen molar-refractivity contribution in [3.05, 3.63) is 12.0 Å². The van der Waals surface area contributed by atoms with Gasteiger partial charge in [-0.05, 0) is 11.8 Å². The summed E-state index contributed by atoms with van der Waals surface area (Å²) in [6.45, 7) is 7.98. The molecule has 1 heterocycles. The molecule has 1 aliphatic heterocycles. The van der Waals surface area contributed by atoms with Crippen molar-refractivity contribution in [1.82, 2.24) is 5.32 Å². The number of carbonyl (C=O) groups is 1. The van der Waals surface area contributed by atoms with Gasteiger partial charge in [-0.15, -0.1) is 0 Å². The molecule has 0 aromatic rings. The van der Waals surface area contributed by atoms with Crippen molar-refractivity contribution in [2.24, 2.45) is 11.8 Å². The van der Waals surface area contributed by atoms with Crippen molar-refractivity contribution in [1.29, 1.82) is 0 Å². The van der Waals surface area contributed by atoms with Gasteiger partial charge in [0.2, 0.25) is 0 Å². The summed E-state index contributed by atoms with van der Waals surface area (Å²) in [5.41, 5.74) is 0.863. The average molecular weight is 183 g/mol. The van der Waals surface area contributed by atoms with E-state index in [-0.39, 0.29) is 17.9 Å². The molecule has 0 spiro atoms. The number of amides is 1. The number of allylic oxidation sites excluding steroid dienone is 1. The van der Waals surface area contributed by atoms with Gasteiger partial charge < -0.3 is 10.1 Å². The van der Waals surface area contributed by atoms with E-state index in [1.807, 2.05) is 27.7 Å². The maximum Gasteiger partial charge on any atom is 0.265 e. The Balaban J connectivity index is 2.69. The molecule has 74 valence electrons. The fraction of sp³-hybridized carbons (Fsp3) is 0.700. The minimum absolute atomic E-state index is 0.0267. The molecule has 3 heteroatoms. The second-order valence-electron chi connectivity index (χ2n) is 4.02. The fourth-order valence-corrected chi connectivity index (χ4v) is 1.19. The van der Waals surface area contributed by atoms with Gasteiger partial charge in [-0.25, -0.2) is 0 Å². The summed E-state index contributed by atoms with van der Waals surface area (Å²) in [4.78, 5) is 11.5. The zero-order chi connectivity index (χ0) is 10.0. The number of hydrogen-bond donors (Lipinski definition) is 1. The quantitative estimate of drug-likeness (QED) is 0.707. The van der Waals surface area contributed by atoms with Crippen LogP contribution in [0.15, 0.2) is 12.0 Å². The lowest BCUT2D eigenvalue weighted by atomic mass is 10.0. The Labute approximate surface area is 79.2 Å². The molecule has 0 fully saturated rings. The monoisotopic (exact) mass is 183 g/mol. The summed E-state index contributed by atoms with van der Waals surface area (Å²) in [5, 5.41) is 2.84. The number of carbonyl (C=O) groups excluding carboxylic acids is 1. The first-order valence-electron chi connectivity index (χ1n) is 4.68. The van der Waals surface area contributed by atoms with Gasteiger partial charge in [0.15, 0.2) is 6.10 Å². The first-order valence-corrected chi connectivity index (χ1v) is 4.68. The van der Waals surface area contributed by atoms with Gasteiger partial charge >= 0.3 is 0 Å². The third kappa shape index (κ3) is 2.23. The number of ether oxygens (including phenoxy) is 1. The summed E-state index contributed by atoms with van der Waals surface area (Å²) in [7, 11) is 0. The van der Waals surface area contributed by atoms with Crippen LogP contribution in [0.2, 0.25) is 0 Å². The number of nitrogens with one attached hydrogen (secondary N) is 1. The molecule has 1 N–H and O–H groups in total. The molecule has 1 unspecified atom stereocenters. The van der Waals surface area contributed by atoms with E-state index in [1.165, 1.54) is 0 Å². The Bertz CT molecular complexity index is 231. The van der Waals surface area contributed by atoms with E-state index < -0.39 is 0 Å². The Morgan fingerprint density at radius 2 is 2.00 bits per heavy atom.